The van der Waals surface area contributed by atoms with Gasteiger partial charge in [0.05, 0.1) is 0 Å². The predicted molar refractivity (Wildman–Crippen MR) is 85.1 cm³/mol. The number of nitrogens with one attached hydrogen (secondary N) is 1. The first kappa shape index (κ1) is 12.8. The van der Waals surface area contributed by atoms with Crippen LogP contribution in [0.4, 0.5) is 11.6 Å². The minimum atomic E-state index is 0.813. The van der Waals surface area contributed by atoms with Crippen LogP contribution in [0.5, 0.6) is 0 Å². The van der Waals surface area contributed by atoms with E-state index in [1.165, 1.54) is 4.90 Å². The largest absolute Gasteiger partial charge is 0.325 e. The normalized spacial score (nSPS) is 10.4. The summed E-state index contributed by atoms with van der Waals surface area (Å²) in [6.45, 7) is 0. The van der Waals surface area contributed by atoms with Gasteiger partial charge in [-0.25, -0.2) is 4.98 Å². The van der Waals surface area contributed by atoms with Gasteiger partial charge >= 0.3 is 0 Å². The standard InChI is InChI=1S/C16H15N3S/c1-20-15-9-7-13(8-10-15)18-16-17-11-12-19(16)14-5-3-2-4-6-14/h2-12H,1H3,(H,17,18). The van der Waals surface area contributed by atoms with Gasteiger partial charge in [-0.3, -0.25) is 4.57 Å². The Kier molecular flexibility index (Phi) is 3.74. The molecule has 0 fully saturated rings. The van der Waals surface area contributed by atoms with Crippen LogP contribution < -0.4 is 5.32 Å². The molecule has 1 N–H and O–H groups in total. The number of rotatable bonds is 4. The molecule has 1 aromatic heterocycles. The molecule has 0 bridgehead atoms. The molecule has 100 valence electrons. The summed E-state index contributed by atoms with van der Waals surface area (Å²) in [6, 6.07) is 18.5. The summed E-state index contributed by atoms with van der Waals surface area (Å²) < 4.78 is 2.03. The van der Waals surface area contributed by atoms with Crippen LogP contribution in [-0.4, -0.2) is 15.8 Å². The van der Waals surface area contributed by atoms with Crippen molar-refractivity contribution in [2.24, 2.45) is 0 Å². The Morgan fingerprint density at radius 1 is 1.00 bits per heavy atom. The van der Waals surface area contributed by atoms with Crippen molar-refractivity contribution in [2.45, 2.75) is 4.90 Å². The first-order chi connectivity index (χ1) is 9.86. The van der Waals surface area contributed by atoms with Crippen LogP contribution >= 0.6 is 11.8 Å². The van der Waals surface area contributed by atoms with Gasteiger partial charge in [-0.1, -0.05) is 18.2 Å². The van der Waals surface area contributed by atoms with Crippen molar-refractivity contribution in [1.29, 1.82) is 0 Å². The fraction of sp³-hybridized carbons (Fsp3) is 0.0625. The van der Waals surface area contributed by atoms with Crippen LogP contribution in [0.25, 0.3) is 5.69 Å². The van der Waals surface area contributed by atoms with Gasteiger partial charge in [-0.2, -0.15) is 0 Å². The van der Waals surface area contributed by atoms with Gasteiger partial charge in [-0.05, 0) is 42.7 Å². The number of thioether (sulfide) groups is 1. The zero-order valence-electron chi connectivity index (χ0n) is 11.2. The number of para-hydroxylation sites is 1. The quantitative estimate of drug-likeness (QED) is 0.722. The highest BCUT2D eigenvalue weighted by Gasteiger charge is 2.04. The van der Waals surface area contributed by atoms with Gasteiger partial charge < -0.3 is 5.32 Å². The fourth-order valence-electron chi connectivity index (χ4n) is 2.00. The van der Waals surface area contributed by atoms with Crippen LogP contribution in [0.2, 0.25) is 0 Å². The Morgan fingerprint density at radius 2 is 1.75 bits per heavy atom. The summed E-state index contributed by atoms with van der Waals surface area (Å²) in [4.78, 5) is 5.63. The third-order valence-electron chi connectivity index (χ3n) is 3.02. The van der Waals surface area contributed by atoms with Crippen molar-refractivity contribution in [3.8, 4) is 5.69 Å². The van der Waals surface area contributed by atoms with Crippen molar-refractivity contribution in [1.82, 2.24) is 9.55 Å². The average molecular weight is 281 g/mol. The molecule has 0 radical (unpaired) electrons. The Hall–Kier alpha value is -2.20. The van der Waals surface area contributed by atoms with Crippen LogP contribution in [0, 0.1) is 0 Å². The van der Waals surface area contributed by atoms with Crippen molar-refractivity contribution in [2.75, 3.05) is 11.6 Å². The van der Waals surface area contributed by atoms with Gasteiger partial charge in [0.15, 0.2) is 0 Å². The van der Waals surface area contributed by atoms with Gasteiger partial charge in [0.2, 0.25) is 5.95 Å². The molecule has 0 spiro atoms. The SMILES string of the molecule is CSc1ccc(Nc2nccn2-c2ccccc2)cc1. The van der Waals surface area contributed by atoms with E-state index in [9.17, 15) is 0 Å². The van der Waals surface area contributed by atoms with E-state index in [4.69, 9.17) is 0 Å². The van der Waals surface area contributed by atoms with Crippen LogP contribution in [0.1, 0.15) is 0 Å². The number of hydrogen-bond donors (Lipinski definition) is 1. The number of benzene rings is 2. The minimum Gasteiger partial charge on any atom is -0.325 e. The monoisotopic (exact) mass is 281 g/mol. The first-order valence-electron chi connectivity index (χ1n) is 6.36. The smallest absolute Gasteiger partial charge is 0.211 e. The van der Waals surface area contributed by atoms with E-state index in [-0.39, 0.29) is 0 Å². The molecule has 0 aliphatic rings. The summed E-state index contributed by atoms with van der Waals surface area (Å²) in [6.07, 6.45) is 5.82. The number of hydrogen-bond acceptors (Lipinski definition) is 3. The molecule has 0 amide bonds. The molecule has 1 heterocycles. The Balaban J connectivity index is 1.86. The third-order valence-corrected chi connectivity index (χ3v) is 3.76. The number of imidazole rings is 1. The molecule has 20 heavy (non-hydrogen) atoms. The molecule has 0 saturated carbocycles. The highest BCUT2D eigenvalue weighted by atomic mass is 32.2. The summed E-state index contributed by atoms with van der Waals surface area (Å²) in [5.74, 6) is 0.813. The third kappa shape index (κ3) is 2.70. The second kappa shape index (κ2) is 5.84. The molecule has 0 atom stereocenters. The van der Waals surface area contributed by atoms with Gasteiger partial charge in [0.25, 0.3) is 0 Å². The van der Waals surface area contributed by atoms with Gasteiger partial charge in [-0.15, -0.1) is 11.8 Å². The lowest BCUT2D eigenvalue weighted by molar-refractivity contribution is 1.06. The molecular weight excluding hydrogens is 266 g/mol. The number of anilines is 2. The van der Waals surface area contributed by atoms with E-state index >= 15 is 0 Å². The zero-order valence-corrected chi connectivity index (χ0v) is 12.0. The topological polar surface area (TPSA) is 29.9 Å². The molecule has 0 unspecified atom stereocenters. The maximum absolute atomic E-state index is 4.38. The Bertz CT molecular complexity index is 674. The fourth-order valence-corrected chi connectivity index (χ4v) is 2.40. The number of aromatic nitrogens is 2. The highest BCUT2D eigenvalue weighted by molar-refractivity contribution is 7.98. The molecular formula is C16H15N3S. The molecule has 0 saturated heterocycles. The van der Waals surface area contributed by atoms with E-state index in [0.29, 0.717) is 0 Å². The molecule has 3 nitrogen and oxygen atoms in total. The molecule has 3 aromatic rings. The van der Waals surface area contributed by atoms with Gasteiger partial charge in [0, 0.05) is 28.7 Å². The summed E-state index contributed by atoms with van der Waals surface area (Å²) in [7, 11) is 0. The van der Waals surface area contributed by atoms with Gasteiger partial charge in [0.1, 0.15) is 0 Å². The van der Waals surface area contributed by atoms with E-state index in [1.54, 1.807) is 18.0 Å². The van der Waals surface area contributed by atoms with Crippen molar-refractivity contribution >= 4 is 23.4 Å². The van der Waals surface area contributed by atoms with Crippen LogP contribution in [-0.2, 0) is 0 Å². The van der Waals surface area contributed by atoms with Crippen molar-refractivity contribution in [3.63, 3.8) is 0 Å². The molecule has 0 aliphatic heterocycles. The maximum atomic E-state index is 4.38. The number of nitrogens with zero attached hydrogens (tertiary/aromatic N) is 2. The first-order valence-corrected chi connectivity index (χ1v) is 7.59. The predicted octanol–water partition coefficient (Wildman–Crippen LogP) is 4.34. The summed E-state index contributed by atoms with van der Waals surface area (Å²) in [5, 5.41) is 3.34. The minimum absolute atomic E-state index is 0.813. The highest BCUT2D eigenvalue weighted by Crippen LogP contribution is 2.21. The second-order valence-corrected chi connectivity index (χ2v) is 5.19. The van der Waals surface area contributed by atoms with E-state index < -0.39 is 0 Å². The summed E-state index contributed by atoms with van der Waals surface area (Å²) >= 11 is 1.74. The lowest BCUT2D eigenvalue weighted by atomic mass is 10.3. The van der Waals surface area contributed by atoms with Crippen LogP contribution in [0.3, 0.4) is 0 Å². The Labute approximate surface area is 122 Å². The zero-order chi connectivity index (χ0) is 13.8. The summed E-state index contributed by atoms with van der Waals surface area (Å²) in [5.41, 5.74) is 2.12. The van der Waals surface area contributed by atoms with Crippen LogP contribution in [0.15, 0.2) is 71.9 Å². The lowest BCUT2D eigenvalue weighted by Crippen LogP contribution is -2.00. The molecule has 0 aliphatic carbocycles. The average Bonchev–Trinajstić information content (AvgIpc) is 2.97. The molecule has 2 aromatic carbocycles. The van der Waals surface area contributed by atoms with E-state index in [2.05, 4.69) is 53.0 Å². The van der Waals surface area contributed by atoms with E-state index in [1.807, 2.05) is 29.0 Å². The molecule has 3 rings (SSSR count). The van der Waals surface area contributed by atoms with Crippen molar-refractivity contribution in [3.05, 3.63) is 67.0 Å². The maximum Gasteiger partial charge on any atom is 0.211 e. The Morgan fingerprint density at radius 3 is 2.45 bits per heavy atom. The van der Waals surface area contributed by atoms with Crippen molar-refractivity contribution < 1.29 is 0 Å². The second-order valence-electron chi connectivity index (χ2n) is 4.31. The lowest BCUT2D eigenvalue weighted by Gasteiger charge is -2.10. The van der Waals surface area contributed by atoms with E-state index in [0.717, 1.165) is 17.3 Å². The molecule has 4 heteroatoms.